The van der Waals surface area contributed by atoms with Crippen LogP contribution in [0.1, 0.15) is 239 Å². The van der Waals surface area contributed by atoms with E-state index in [9.17, 15) is 19.8 Å². The highest BCUT2D eigenvalue weighted by Gasteiger charge is 2.24. The molecule has 0 aromatic carbocycles. The van der Waals surface area contributed by atoms with Gasteiger partial charge in [0.25, 0.3) is 0 Å². The van der Waals surface area contributed by atoms with Gasteiger partial charge in [0.05, 0.1) is 25.2 Å². The van der Waals surface area contributed by atoms with Crippen LogP contribution in [0, 0.1) is 0 Å². The fraction of sp³-hybridized carbons (Fsp3) is 0.837. The predicted octanol–water partition coefficient (Wildman–Crippen LogP) is 13.7. The van der Waals surface area contributed by atoms with Gasteiger partial charge in [0.15, 0.2) is 0 Å². The molecule has 0 saturated carbocycles. The Morgan fingerprint density at radius 1 is 0.527 bits per heavy atom. The number of amides is 1. The minimum Gasteiger partial charge on any atom is -0.462 e. The number of rotatable bonds is 42. The first kappa shape index (κ1) is 53.1. The Bertz CT molecular complexity index is 915. The number of ether oxygens (including phenoxy) is 1. The second kappa shape index (κ2) is 43.2. The standard InChI is InChI=1S/C49H91NO5/c1-4-7-10-13-16-19-22-24-26-28-31-34-37-40-45(55-49(54)42-39-36-33-30-25-21-18-15-12-9-6-3)43-48(53)50-46(44-51)47(52)41-38-35-32-29-27-23-20-17-14-11-8-5-2/h15-16,18-19,22,24,45-47,51-52H,4-14,17,20-21,23,25-44H2,1-3H3,(H,50,53)/b18-15-,19-16+,24-22+. The molecule has 6 heteroatoms. The molecule has 0 aliphatic rings. The molecule has 0 heterocycles. The van der Waals surface area contributed by atoms with Crippen LogP contribution in [0.2, 0.25) is 0 Å². The van der Waals surface area contributed by atoms with Gasteiger partial charge in [-0.1, -0.05) is 192 Å². The van der Waals surface area contributed by atoms with Gasteiger partial charge < -0.3 is 20.3 Å². The maximum Gasteiger partial charge on any atom is 0.306 e. The Labute approximate surface area is 341 Å². The molecule has 3 atom stereocenters. The summed E-state index contributed by atoms with van der Waals surface area (Å²) in [5.41, 5.74) is 0. The van der Waals surface area contributed by atoms with Crippen LogP contribution in [0.15, 0.2) is 36.5 Å². The van der Waals surface area contributed by atoms with E-state index in [1.807, 2.05) is 0 Å². The van der Waals surface area contributed by atoms with E-state index in [1.165, 1.54) is 109 Å². The Morgan fingerprint density at radius 3 is 1.49 bits per heavy atom. The van der Waals surface area contributed by atoms with Crippen LogP contribution in [0.4, 0.5) is 0 Å². The predicted molar refractivity (Wildman–Crippen MR) is 236 cm³/mol. The summed E-state index contributed by atoms with van der Waals surface area (Å²) in [4.78, 5) is 26.0. The van der Waals surface area contributed by atoms with Crippen LogP contribution in [-0.2, 0) is 14.3 Å². The lowest BCUT2D eigenvalue weighted by Crippen LogP contribution is -2.46. The lowest BCUT2D eigenvalue weighted by atomic mass is 10.0. The minimum absolute atomic E-state index is 0.0622. The quantitative estimate of drug-likeness (QED) is 0.0248. The van der Waals surface area contributed by atoms with Gasteiger partial charge in [-0.25, -0.2) is 0 Å². The molecule has 0 aliphatic heterocycles. The van der Waals surface area contributed by atoms with Crippen LogP contribution in [0.5, 0.6) is 0 Å². The molecular weight excluding hydrogens is 683 g/mol. The molecule has 1 amide bonds. The van der Waals surface area contributed by atoms with Crippen molar-refractivity contribution in [2.75, 3.05) is 6.61 Å². The average Bonchev–Trinajstić information content (AvgIpc) is 3.18. The summed E-state index contributed by atoms with van der Waals surface area (Å²) in [6.07, 6.45) is 49.1. The van der Waals surface area contributed by atoms with E-state index in [-0.39, 0.29) is 24.9 Å². The monoisotopic (exact) mass is 774 g/mol. The first-order chi connectivity index (χ1) is 27.0. The summed E-state index contributed by atoms with van der Waals surface area (Å²) in [6, 6.07) is -0.706. The summed E-state index contributed by atoms with van der Waals surface area (Å²) in [5, 5.41) is 23.7. The summed E-state index contributed by atoms with van der Waals surface area (Å²) < 4.78 is 5.89. The van der Waals surface area contributed by atoms with Gasteiger partial charge >= 0.3 is 5.97 Å². The van der Waals surface area contributed by atoms with Crippen molar-refractivity contribution in [1.29, 1.82) is 0 Å². The highest BCUT2D eigenvalue weighted by molar-refractivity contribution is 5.77. The van der Waals surface area contributed by atoms with Crippen molar-refractivity contribution in [3.05, 3.63) is 36.5 Å². The molecule has 3 unspecified atom stereocenters. The molecule has 0 saturated heterocycles. The highest BCUT2D eigenvalue weighted by Crippen LogP contribution is 2.17. The van der Waals surface area contributed by atoms with Gasteiger partial charge in [0.2, 0.25) is 5.91 Å². The number of unbranched alkanes of at least 4 members (excludes halogenated alkanes) is 25. The fourth-order valence-corrected chi connectivity index (χ4v) is 7.05. The maximum atomic E-state index is 13.1. The van der Waals surface area contributed by atoms with Crippen molar-refractivity contribution in [2.45, 2.75) is 257 Å². The van der Waals surface area contributed by atoms with Gasteiger partial charge in [-0.3, -0.25) is 9.59 Å². The van der Waals surface area contributed by atoms with Crippen LogP contribution < -0.4 is 5.32 Å². The number of allylic oxidation sites excluding steroid dienone is 6. The van der Waals surface area contributed by atoms with E-state index in [2.05, 4.69) is 62.5 Å². The molecule has 322 valence electrons. The van der Waals surface area contributed by atoms with Gasteiger partial charge in [-0.05, 0) is 70.6 Å². The Balaban J connectivity index is 4.62. The summed E-state index contributed by atoms with van der Waals surface area (Å²) in [7, 11) is 0. The molecular formula is C49H91NO5. The molecule has 0 aliphatic carbocycles. The van der Waals surface area contributed by atoms with E-state index in [0.717, 1.165) is 83.5 Å². The van der Waals surface area contributed by atoms with E-state index in [0.29, 0.717) is 19.3 Å². The van der Waals surface area contributed by atoms with Gasteiger partial charge in [-0.2, -0.15) is 0 Å². The summed E-state index contributed by atoms with van der Waals surface area (Å²) >= 11 is 0. The van der Waals surface area contributed by atoms with Crippen molar-refractivity contribution in [1.82, 2.24) is 5.32 Å². The SMILES string of the molecule is CCCC/C=C\CCCCCCCC(=O)OC(CCCCCC/C=C/C=C/CCCCC)CC(=O)NC(CO)C(O)CCCCCCCCCCCCCC. The van der Waals surface area contributed by atoms with E-state index in [1.54, 1.807) is 0 Å². The number of hydrogen-bond donors (Lipinski definition) is 3. The zero-order valence-electron chi connectivity index (χ0n) is 36.6. The first-order valence-electron chi connectivity index (χ1n) is 23.7. The lowest BCUT2D eigenvalue weighted by Gasteiger charge is -2.24. The van der Waals surface area contributed by atoms with Crippen LogP contribution in [0.3, 0.4) is 0 Å². The maximum absolute atomic E-state index is 13.1. The number of carbonyl (C=O) groups is 2. The van der Waals surface area contributed by atoms with Crippen molar-refractivity contribution in [3.8, 4) is 0 Å². The molecule has 0 radical (unpaired) electrons. The molecule has 0 rings (SSSR count). The number of esters is 1. The third kappa shape index (κ3) is 38.7. The zero-order valence-corrected chi connectivity index (χ0v) is 36.6. The number of hydrogen-bond acceptors (Lipinski definition) is 5. The van der Waals surface area contributed by atoms with Gasteiger partial charge in [-0.15, -0.1) is 0 Å². The molecule has 55 heavy (non-hydrogen) atoms. The van der Waals surface area contributed by atoms with E-state index in [4.69, 9.17) is 4.74 Å². The smallest absolute Gasteiger partial charge is 0.306 e. The molecule has 0 fully saturated rings. The zero-order chi connectivity index (χ0) is 40.3. The largest absolute Gasteiger partial charge is 0.462 e. The normalized spacial score (nSPS) is 13.6. The highest BCUT2D eigenvalue weighted by atomic mass is 16.5. The van der Waals surface area contributed by atoms with Crippen LogP contribution in [0.25, 0.3) is 0 Å². The minimum atomic E-state index is -0.791. The van der Waals surface area contributed by atoms with Crippen molar-refractivity contribution >= 4 is 11.9 Å². The third-order valence-electron chi connectivity index (χ3n) is 10.7. The molecule has 3 N–H and O–H groups in total. The molecule has 0 spiro atoms. The van der Waals surface area contributed by atoms with Gasteiger partial charge in [0, 0.05) is 6.42 Å². The van der Waals surface area contributed by atoms with E-state index < -0.39 is 18.2 Å². The van der Waals surface area contributed by atoms with Crippen LogP contribution in [-0.4, -0.2) is 46.9 Å². The number of nitrogens with one attached hydrogen (secondary N) is 1. The number of carbonyl (C=O) groups excluding carboxylic acids is 2. The molecule has 6 nitrogen and oxygen atoms in total. The second-order valence-corrected chi connectivity index (χ2v) is 16.2. The van der Waals surface area contributed by atoms with Crippen LogP contribution >= 0.6 is 0 Å². The third-order valence-corrected chi connectivity index (χ3v) is 10.7. The van der Waals surface area contributed by atoms with Crippen molar-refractivity contribution in [2.24, 2.45) is 0 Å². The lowest BCUT2D eigenvalue weighted by molar-refractivity contribution is -0.151. The second-order valence-electron chi connectivity index (χ2n) is 16.2. The molecule has 0 aromatic rings. The Morgan fingerprint density at radius 2 is 0.945 bits per heavy atom. The number of aliphatic hydroxyl groups excluding tert-OH is 2. The van der Waals surface area contributed by atoms with Crippen molar-refractivity contribution in [3.63, 3.8) is 0 Å². The van der Waals surface area contributed by atoms with Gasteiger partial charge in [0.1, 0.15) is 6.10 Å². The Kier molecular flexibility index (Phi) is 41.7. The molecule has 0 bridgehead atoms. The molecule has 0 aromatic heterocycles. The number of aliphatic hydroxyl groups is 2. The van der Waals surface area contributed by atoms with E-state index >= 15 is 0 Å². The topological polar surface area (TPSA) is 95.9 Å². The van der Waals surface area contributed by atoms with Crippen molar-refractivity contribution < 1.29 is 24.5 Å². The fourth-order valence-electron chi connectivity index (χ4n) is 7.05. The Hall–Kier alpha value is -1.92. The summed E-state index contributed by atoms with van der Waals surface area (Å²) in [5.74, 6) is -0.502. The average molecular weight is 774 g/mol. The first-order valence-corrected chi connectivity index (χ1v) is 23.7. The summed E-state index contributed by atoms with van der Waals surface area (Å²) in [6.45, 7) is 6.40.